The summed E-state index contributed by atoms with van der Waals surface area (Å²) < 4.78 is 7.88. The molecule has 0 amide bonds. The molecule has 23 heavy (non-hydrogen) atoms. The Balaban J connectivity index is 2.28. The van der Waals surface area contributed by atoms with E-state index in [1.165, 1.54) is 0 Å². The third-order valence-corrected chi connectivity index (χ3v) is 4.80. The summed E-state index contributed by atoms with van der Waals surface area (Å²) in [5, 5.41) is 0. The second kappa shape index (κ2) is 6.61. The largest absolute Gasteiger partial charge is 0.455 e. The van der Waals surface area contributed by atoms with E-state index < -0.39 is 0 Å². The van der Waals surface area contributed by atoms with E-state index >= 15 is 0 Å². The molecule has 1 heterocycles. The summed E-state index contributed by atoms with van der Waals surface area (Å²) in [5.41, 5.74) is 3.52. The number of aldehydes is 1. The van der Waals surface area contributed by atoms with Crippen LogP contribution in [0.4, 0.5) is 0 Å². The molecule has 0 saturated carbocycles. The fourth-order valence-corrected chi connectivity index (χ4v) is 4.07. The minimum atomic E-state index is 0.674. The maximum absolute atomic E-state index is 11.4. The van der Waals surface area contributed by atoms with Gasteiger partial charge in [-0.25, -0.2) is 4.99 Å². The number of fused-ring (bicyclic) bond motifs is 2. The van der Waals surface area contributed by atoms with E-state index in [0.717, 1.165) is 51.3 Å². The Morgan fingerprint density at radius 2 is 2.04 bits per heavy atom. The van der Waals surface area contributed by atoms with Crippen LogP contribution in [-0.4, -0.2) is 31.6 Å². The maximum atomic E-state index is 11.4. The highest BCUT2D eigenvalue weighted by Gasteiger charge is 2.30. The van der Waals surface area contributed by atoms with Crippen molar-refractivity contribution in [1.82, 2.24) is 4.90 Å². The molecule has 0 radical (unpaired) electrons. The predicted octanol–water partition coefficient (Wildman–Crippen LogP) is 4.54. The average molecular weight is 440 g/mol. The molecule has 0 spiro atoms. The van der Waals surface area contributed by atoms with Gasteiger partial charge in [-0.15, -0.1) is 0 Å². The summed E-state index contributed by atoms with van der Waals surface area (Å²) in [6, 6.07) is 3.93. The summed E-state index contributed by atoms with van der Waals surface area (Å²) in [6.45, 7) is 0. The number of hydrogen-bond donors (Lipinski definition) is 0. The normalized spacial score (nSPS) is 17.0. The smallest absolute Gasteiger partial charge is 0.151 e. The molecule has 1 aliphatic heterocycles. The summed E-state index contributed by atoms with van der Waals surface area (Å²) in [6.07, 6.45) is 5.22. The zero-order valence-electron chi connectivity index (χ0n) is 12.9. The van der Waals surface area contributed by atoms with Crippen LogP contribution in [0.15, 0.2) is 43.0 Å². The molecule has 0 N–H and O–H groups in total. The fraction of sp³-hybridized carbons (Fsp3) is 0.294. The zero-order chi connectivity index (χ0) is 16.6. The van der Waals surface area contributed by atoms with Crippen molar-refractivity contribution in [3.63, 3.8) is 0 Å². The molecular formula is C17H16Br2N2O2. The summed E-state index contributed by atoms with van der Waals surface area (Å²) in [4.78, 5) is 18.0. The van der Waals surface area contributed by atoms with Gasteiger partial charge in [0.1, 0.15) is 12.0 Å². The molecule has 0 fully saturated rings. The summed E-state index contributed by atoms with van der Waals surface area (Å²) in [7, 11) is 3.86. The van der Waals surface area contributed by atoms with Gasteiger partial charge in [-0.2, -0.15) is 0 Å². The van der Waals surface area contributed by atoms with Crippen molar-refractivity contribution in [3.05, 3.63) is 43.5 Å². The molecular weight excluding hydrogens is 424 g/mol. The minimum absolute atomic E-state index is 0.674. The van der Waals surface area contributed by atoms with Crippen molar-refractivity contribution in [2.45, 2.75) is 19.3 Å². The molecule has 0 aromatic heterocycles. The van der Waals surface area contributed by atoms with E-state index in [1.54, 1.807) is 6.34 Å². The van der Waals surface area contributed by atoms with E-state index in [-0.39, 0.29) is 0 Å². The molecule has 120 valence electrons. The van der Waals surface area contributed by atoms with Crippen LogP contribution < -0.4 is 4.74 Å². The van der Waals surface area contributed by atoms with Gasteiger partial charge >= 0.3 is 0 Å². The van der Waals surface area contributed by atoms with Crippen LogP contribution in [0.1, 0.15) is 24.8 Å². The molecule has 0 unspecified atom stereocenters. The number of allylic oxidation sites excluding steroid dienone is 2. The van der Waals surface area contributed by atoms with E-state index in [1.807, 2.05) is 31.1 Å². The maximum Gasteiger partial charge on any atom is 0.151 e. The van der Waals surface area contributed by atoms with Crippen LogP contribution >= 0.6 is 31.9 Å². The highest BCUT2D eigenvalue weighted by atomic mass is 79.9. The molecule has 2 aliphatic rings. The van der Waals surface area contributed by atoms with E-state index in [4.69, 9.17) is 4.74 Å². The SMILES string of the molecule is CN(C)C=NC1=C2CCCC(C=O)=C2Oc2c(Br)cc(Br)cc21. The second-order valence-corrected chi connectivity index (χ2v) is 7.50. The number of halogens is 2. The number of nitrogens with zero attached hydrogens (tertiary/aromatic N) is 2. The average Bonchev–Trinajstić information content (AvgIpc) is 2.51. The molecule has 1 aromatic rings. The topological polar surface area (TPSA) is 41.9 Å². The van der Waals surface area contributed by atoms with Crippen molar-refractivity contribution in [2.75, 3.05) is 14.1 Å². The van der Waals surface area contributed by atoms with Crippen LogP contribution in [-0.2, 0) is 4.79 Å². The first-order valence-corrected chi connectivity index (χ1v) is 8.89. The molecule has 0 saturated heterocycles. The predicted molar refractivity (Wildman–Crippen MR) is 98.5 cm³/mol. The van der Waals surface area contributed by atoms with Gasteiger partial charge in [0.05, 0.1) is 16.5 Å². The van der Waals surface area contributed by atoms with Crippen LogP contribution in [0.2, 0.25) is 0 Å². The molecule has 1 aromatic carbocycles. The Bertz CT molecular complexity index is 764. The van der Waals surface area contributed by atoms with Crippen molar-refractivity contribution in [3.8, 4) is 5.75 Å². The lowest BCUT2D eigenvalue weighted by Gasteiger charge is -2.29. The number of aliphatic imine (C=N–C) groups is 1. The number of benzene rings is 1. The number of ether oxygens (including phenoxy) is 1. The number of carbonyl (C=O) groups excluding carboxylic acids is 1. The van der Waals surface area contributed by atoms with Gasteiger partial charge in [0, 0.05) is 35.3 Å². The number of hydrogen-bond acceptors (Lipinski definition) is 3. The van der Waals surface area contributed by atoms with Crippen molar-refractivity contribution >= 4 is 50.2 Å². The van der Waals surface area contributed by atoms with Crippen LogP contribution in [0, 0.1) is 0 Å². The van der Waals surface area contributed by atoms with Gasteiger partial charge in [-0.3, -0.25) is 4.79 Å². The van der Waals surface area contributed by atoms with Crippen molar-refractivity contribution < 1.29 is 9.53 Å². The lowest BCUT2D eigenvalue weighted by atomic mass is 9.89. The monoisotopic (exact) mass is 438 g/mol. The van der Waals surface area contributed by atoms with Gasteiger partial charge in [0.15, 0.2) is 5.75 Å². The molecule has 0 atom stereocenters. The quantitative estimate of drug-likeness (QED) is 0.394. The zero-order valence-corrected chi connectivity index (χ0v) is 16.1. The van der Waals surface area contributed by atoms with Gasteiger partial charge in [-0.05, 0) is 47.3 Å². The van der Waals surface area contributed by atoms with E-state index in [9.17, 15) is 4.79 Å². The molecule has 6 heteroatoms. The lowest BCUT2D eigenvalue weighted by Crippen LogP contribution is -2.17. The highest BCUT2D eigenvalue weighted by molar-refractivity contribution is 9.11. The molecule has 1 aliphatic carbocycles. The van der Waals surface area contributed by atoms with Crippen LogP contribution in [0.3, 0.4) is 0 Å². The first kappa shape index (κ1) is 16.5. The Morgan fingerprint density at radius 1 is 1.26 bits per heavy atom. The van der Waals surface area contributed by atoms with Crippen molar-refractivity contribution in [2.24, 2.45) is 4.99 Å². The Hall–Kier alpha value is -1.40. The first-order chi connectivity index (χ1) is 11.0. The van der Waals surface area contributed by atoms with Gasteiger partial charge in [0.2, 0.25) is 0 Å². The molecule has 0 bridgehead atoms. The lowest BCUT2D eigenvalue weighted by molar-refractivity contribution is -0.105. The summed E-state index contributed by atoms with van der Waals surface area (Å²) >= 11 is 7.07. The standard InChI is InChI=1S/C17H16Br2N2O2/c1-21(2)9-20-15-12-5-3-4-10(8-22)16(12)23-17-13(15)6-11(18)7-14(17)19/h6-9H,3-5H2,1-2H3. The van der Waals surface area contributed by atoms with Crippen LogP contribution in [0.25, 0.3) is 5.70 Å². The Labute approximate surface area is 152 Å². The first-order valence-electron chi connectivity index (χ1n) is 7.31. The number of carbonyl (C=O) groups is 1. The van der Waals surface area contributed by atoms with E-state index in [2.05, 4.69) is 36.9 Å². The van der Waals surface area contributed by atoms with Gasteiger partial charge in [0.25, 0.3) is 0 Å². The minimum Gasteiger partial charge on any atom is -0.455 e. The third-order valence-electron chi connectivity index (χ3n) is 3.75. The summed E-state index contributed by atoms with van der Waals surface area (Å²) in [5.74, 6) is 1.38. The fourth-order valence-electron chi connectivity index (χ4n) is 2.77. The van der Waals surface area contributed by atoms with E-state index in [0.29, 0.717) is 17.1 Å². The van der Waals surface area contributed by atoms with Gasteiger partial charge in [-0.1, -0.05) is 15.9 Å². The van der Waals surface area contributed by atoms with Crippen LogP contribution in [0.5, 0.6) is 5.75 Å². The Kier molecular flexibility index (Phi) is 4.73. The third kappa shape index (κ3) is 3.15. The second-order valence-electron chi connectivity index (χ2n) is 5.73. The Morgan fingerprint density at radius 3 is 2.74 bits per heavy atom. The molecule has 4 nitrogen and oxygen atoms in total. The van der Waals surface area contributed by atoms with Crippen molar-refractivity contribution in [1.29, 1.82) is 0 Å². The highest BCUT2D eigenvalue weighted by Crippen LogP contribution is 2.47. The molecule has 3 rings (SSSR count). The number of rotatable bonds is 3. The van der Waals surface area contributed by atoms with Gasteiger partial charge < -0.3 is 9.64 Å².